The van der Waals surface area contributed by atoms with Crippen molar-refractivity contribution in [2.45, 2.75) is 32.4 Å². The Hall–Kier alpha value is -3.87. The zero-order chi connectivity index (χ0) is 21.8. The van der Waals surface area contributed by atoms with Gasteiger partial charge in [-0.25, -0.2) is 9.59 Å². The number of amides is 3. The van der Waals surface area contributed by atoms with Crippen LogP contribution in [0.3, 0.4) is 0 Å². The second kappa shape index (κ2) is 6.84. The molecular formula is C24H20N2O5. The van der Waals surface area contributed by atoms with Crippen LogP contribution in [0.5, 0.6) is 0 Å². The van der Waals surface area contributed by atoms with Crippen LogP contribution < -0.4 is 10.9 Å². The van der Waals surface area contributed by atoms with Gasteiger partial charge in [0.05, 0.1) is 6.54 Å². The molecule has 1 aliphatic rings. The van der Waals surface area contributed by atoms with Crippen molar-refractivity contribution in [2.24, 2.45) is 0 Å². The first-order chi connectivity index (χ1) is 14.9. The molecule has 31 heavy (non-hydrogen) atoms. The summed E-state index contributed by atoms with van der Waals surface area (Å²) in [7, 11) is 0. The van der Waals surface area contributed by atoms with E-state index in [-0.39, 0.29) is 6.54 Å². The number of hydrogen-bond donors (Lipinski definition) is 1. The monoisotopic (exact) mass is 416 g/mol. The first-order valence-electron chi connectivity index (χ1n) is 10.1. The van der Waals surface area contributed by atoms with Crippen molar-refractivity contribution in [3.05, 3.63) is 81.9 Å². The van der Waals surface area contributed by atoms with E-state index in [0.29, 0.717) is 27.9 Å². The molecule has 7 nitrogen and oxygen atoms in total. The highest BCUT2D eigenvalue weighted by molar-refractivity contribution is 6.07. The third-order valence-electron chi connectivity index (χ3n) is 5.82. The highest BCUT2D eigenvalue weighted by atomic mass is 16.4. The Morgan fingerprint density at radius 2 is 1.77 bits per heavy atom. The maximum Gasteiger partial charge on any atom is 0.336 e. The van der Waals surface area contributed by atoms with Crippen LogP contribution in [-0.4, -0.2) is 16.8 Å². The fraction of sp³-hybridized carbons (Fsp3) is 0.208. The number of para-hydroxylation sites is 1. The lowest BCUT2D eigenvalue weighted by Crippen LogP contribution is -2.40. The number of nitrogens with one attached hydrogen (secondary N) is 1. The zero-order valence-electron chi connectivity index (χ0n) is 17.1. The SMILES string of the molecule is CCc1ccc2c(CN3C(=O)NC(C)(c4cc5ccccc5o4)C3=O)cc(=O)oc2c1. The number of fused-ring (bicyclic) bond motifs is 2. The number of urea groups is 1. The number of imide groups is 1. The van der Waals surface area contributed by atoms with Gasteiger partial charge in [0.2, 0.25) is 0 Å². The fourth-order valence-electron chi connectivity index (χ4n) is 4.03. The smallest absolute Gasteiger partial charge is 0.336 e. The van der Waals surface area contributed by atoms with Gasteiger partial charge in [0.1, 0.15) is 16.9 Å². The number of rotatable bonds is 4. The summed E-state index contributed by atoms with van der Waals surface area (Å²) in [5.41, 5.74) is 0.793. The van der Waals surface area contributed by atoms with Crippen LogP contribution in [0, 0.1) is 0 Å². The van der Waals surface area contributed by atoms with Crippen LogP contribution in [0.15, 0.2) is 68.2 Å². The predicted octanol–water partition coefficient (Wildman–Crippen LogP) is 4.07. The van der Waals surface area contributed by atoms with Crippen molar-refractivity contribution in [3.63, 3.8) is 0 Å². The Kier molecular flexibility index (Phi) is 4.22. The molecule has 0 spiro atoms. The van der Waals surface area contributed by atoms with E-state index in [4.69, 9.17) is 8.83 Å². The lowest BCUT2D eigenvalue weighted by atomic mass is 9.98. The minimum atomic E-state index is -1.33. The average molecular weight is 416 g/mol. The van der Waals surface area contributed by atoms with Crippen LogP contribution in [0.25, 0.3) is 21.9 Å². The first kappa shape index (κ1) is 19.1. The number of benzene rings is 2. The van der Waals surface area contributed by atoms with Gasteiger partial charge in [-0.1, -0.05) is 37.3 Å². The largest absolute Gasteiger partial charge is 0.458 e. The van der Waals surface area contributed by atoms with Crippen molar-refractivity contribution >= 4 is 33.9 Å². The second-order valence-corrected chi connectivity index (χ2v) is 7.87. The van der Waals surface area contributed by atoms with Crippen molar-refractivity contribution in [3.8, 4) is 0 Å². The maximum atomic E-state index is 13.3. The number of nitrogens with zero attached hydrogens (tertiary/aromatic N) is 1. The van der Waals surface area contributed by atoms with Crippen LogP contribution in [-0.2, 0) is 23.3 Å². The molecule has 4 aromatic rings. The summed E-state index contributed by atoms with van der Waals surface area (Å²) in [6.07, 6.45) is 0.798. The summed E-state index contributed by atoms with van der Waals surface area (Å²) >= 11 is 0. The fourth-order valence-corrected chi connectivity index (χ4v) is 4.03. The van der Waals surface area contributed by atoms with Gasteiger partial charge in [-0.2, -0.15) is 0 Å². The van der Waals surface area contributed by atoms with E-state index < -0.39 is 23.1 Å². The van der Waals surface area contributed by atoms with Gasteiger partial charge >= 0.3 is 11.7 Å². The average Bonchev–Trinajstić information content (AvgIpc) is 3.29. The van der Waals surface area contributed by atoms with E-state index in [1.165, 1.54) is 6.07 Å². The van der Waals surface area contributed by atoms with E-state index in [9.17, 15) is 14.4 Å². The van der Waals surface area contributed by atoms with E-state index in [1.807, 2.05) is 43.3 Å². The molecule has 156 valence electrons. The number of carbonyl (C=O) groups is 2. The topological polar surface area (TPSA) is 92.8 Å². The van der Waals surface area contributed by atoms with Crippen molar-refractivity contribution < 1.29 is 18.4 Å². The molecule has 0 aliphatic carbocycles. The molecule has 1 saturated heterocycles. The molecule has 0 bridgehead atoms. The molecule has 2 aromatic heterocycles. The normalized spacial score (nSPS) is 18.8. The highest BCUT2D eigenvalue weighted by Gasteiger charge is 2.51. The number of carbonyl (C=O) groups excluding carboxylic acids is 2. The molecule has 3 heterocycles. The highest BCUT2D eigenvalue weighted by Crippen LogP contribution is 2.34. The summed E-state index contributed by atoms with van der Waals surface area (Å²) in [5.74, 6) is -0.0808. The lowest BCUT2D eigenvalue weighted by molar-refractivity contribution is -0.132. The molecule has 2 aromatic carbocycles. The molecule has 1 atom stereocenters. The molecule has 1 fully saturated rings. The number of aryl methyl sites for hydroxylation is 1. The van der Waals surface area contributed by atoms with Crippen LogP contribution in [0.4, 0.5) is 4.79 Å². The Morgan fingerprint density at radius 1 is 0.968 bits per heavy atom. The van der Waals surface area contributed by atoms with E-state index in [0.717, 1.165) is 22.3 Å². The second-order valence-electron chi connectivity index (χ2n) is 7.87. The standard InChI is InChI=1S/C24H20N2O5/c1-3-14-8-9-17-16(12-21(27)31-19(17)10-14)13-26-22(28)24(2,25-23(26)29)20-11-15-6-4-5-7-18(15)30-20/h4-12H,3,13H2,1-2H3,(H,25,29). The predicted molar refractivity (Wildman–Crippen MR) is 115 cm³/mol. The van der Waals surface area contributed by atoms with Crippen LogP contribution in [0.2, 0.25) is 0 Å². The minimum absolute atomic E-state index is 0.0476. The van der Waals surface area contributed by atoms with Crippen molar-refractivity contribution in [1.29, 1.82) is 0 Å². The quantitative estimate of drug-likeness (QED) is 0.400. The summed E-state index contributed by atoms with van der Waals surface area (Å²) in [6.45, 7) is 3.58. The van der Waals surface area contributed by atoms with Crippen LogP contribution >= 0.6 is 0 Å². The van der Waals surface area contributed by atoms with Crippen molar-refractivity contribution in [2.75, 3.05) is 0 Å². The molecule has 0 radical (unpaired) electrons. The van der Waals surface area contributed by atoms with E-state index in [2.05, 4.69) is 5.32 Å². The van der Waals surface area contributed by atoms with Gasteiger partial charge in [0.15, 0.2) is 5.54 Å². The molecule has 5 rings (SSSR count). The Labute approximate surface area is 177 Å². The molecular weight excluding hydrogens is 396 g/mol. The molecule has 3 amide bonds. The molecule has 1 aliphatic heterocycles. The summed E-state index contributed by atoms with van der Waals surface area (Å²) in [5, 5.41) is 4.29. The van der Waals surface area contributed by atoms with Gasteiger partial charge < -0.3 is 14.2 Å². The van der Waals surface area contributed by atoms with Crippen molar-refractivity contribution in [1.82, 2.24) is 10.2 Å². The van der Waals surface area contributed by atoms with Gasteiger partial charge in [-0.15, -0.1) is 0 Å². The molecule has 1 N–H and O–H groups in total. The maximum absolute atomic E-state index is 13.3. The van der Waals surface area contributed by atoms with Gasteiger partial charge in [-0.05, 0) is 42.7 Å². The Morgan fingerprint density at radius 3 is 2.55 bits per heavy atom. The first-order valence-corrected chi connectivity index (χ1v) is 10.1. The Balaban J connectivity index is 1.53. The third-order valence-corrected chi connectivity index (χ3v) is 5.82. The Bertz CT molecular complexity index is 1380. The van der Waals surface area contributed by atoms with E-state index >= 15 is 0 Å². The minimum Gasteiger partial charge on any atom is -0.458 e. The van der Waals surface area contributed by atoms with Gasteiger partial charge in [0.25, 0.3) is 5.91 Å². The number of furan rings is 1. The third kappa shape index (κ3) is 3.01. The number of hydrogen-bond acceptors (Lipinski definition) is 5. The van der Waals surface area contributed by atoms with Crippen LogP contribution in [0.1, 0.15) is 30.7 Å². The van der Waals surface area contributed by atoms with Gasteiger partial charge in [0, 0.05) is 16.8 Å². The summed E-state index contributed by atoms with van der Waals surface area (Å²) < 4.78 is 11.2. The lowest BCUT2D eigenvalue weighted by Gasteiger charge is -2.19. The van der Waals surface area contributed by atoms with E-state index in [1.54, 1.807) is 19.1 Å². The summed E-state index contributed by atoms with van der Waals surface area (Å²) in [4.78, 5) is 39.3. The summed E-state index contributed by atoms with van der Waals surface area (Å²) in [6, 6.07) is 15.5. The molecule has 7 heteroatoms. The van der Waals surface area contributed by atoms with Gasteiger partial charge in [-0.3, -0.25) is 9.69 Å². The molecule has 1 unspecified atom stereocenters. The zero-order valence-corrected chi connectivity index (χ0v) is 17.1. The molecule has 0 saturated carbocycles.